The van der Waals surface area contributed by atoms with Crippen LogP contribution in [0.2, 0.25) is 0 Å². The average Bonchev–Trinajstić information content (AvgIpc) is 2.45. The number of hydrogen-bond donors (Lipinski definition) is 2. The number of nitrogens with two attached hydrogens (primary N) is 1. The highest BCUT2D eigenvalue weighted by molar-refractivity contribution is 5.67. The molecule has 134 valence electrons. The van der Waals surface area contributed by atoms with Crippen LogP contribution in [0.5, 0.6) is 0 Å². The quantitative estimate of drug-likeness (QED) is 0.801. The maximum atomic E-state index is 12.1. The minimum Gasteiger partial charge on any atom is -0.449 e. The van der Waals surface area contributed by atoms with Crippen LogP contribution in [0, 0.1) is 23.7 Å². The topological polar surface area (TPSA) is 64.3 Å². The Labute approximate surface area is 141 Å². The van der Waals surface area contributed by atoms with Crippen molar-refractivity contribution in [2.24, 2.45) is 29.4 Å². The molecule has 3 rings (SSSR count). The lowest BCUT2D eigenvalue weighted by Gasteiger charge is -2.35. The number of amides is 1. The Balaban J connectivity index is 1.73. The van der Waals surface area contributed by atoms with Crippen LogP contribution in [-0.4, -0.2) is 24.3 Å². The van der Waals surface area contributed by atoms with E-state index in [1.807, 2.05) is 20.8 Å². The maximum Gasteiger partial charge on any atom is 0.407 e. The summed E-state index contributed by atoms with van der Waals surface area (Å²) in [5, 5.41) is 2.95. The molecule has 0 heterocycles. The van der Waals surface area contributed by atoms with Crippen molar-refractivity contribution in [2.45, 2.75) is 84.2 Å². The highest BCUT2D eigenvalue weighted by atomic mass is 16.5. The van der Waals surface area contributed by atoms with E-state index in [0.717, 1.165) is 11.8 Å². The molecule has 3 unspecified atom stereocenters. The number of rotatable bonds is 5. The van der Waals surface area contributed by atoms with E-state index in [1.54, 1.807) is 0 Å². The summed E-state index contributed by atoms with van der Waals surface area (Å²) >= 11 is 0. The molecule has 0 radical (unpaired) electrons. The second-order valence-electron chi connectivity index (χ2n) is 8.71. The molecule has 2 bridgehead atoms. The third kappa shape index (κ3) is 5.66. The Kier molecular flexibility index (Phi) is 6.35. The van der Waals surface area contributed by atoms with Gasteiger partial charge in [0.25, 0.3) is 0 Å². The van der Waals surface area contributed by atoms with Crippen LogP contribution >= 0.6 is 0 Å². The van der Waals surface area contributed by atoms with Gasteiger partial charge in [0, 0.05) is 11.6 Å². The smallest absolute Gasteiger partial charge is 0.407 e. The molecule has 3 atom stereocenters. The molecule has 0 spiro atoms. The number of nitrogens with one attached hydrogen (secondary N) is 1. The summed E-state index contributed by atoms with van der Waals surface area (Å²) in [5.41, 5.74) is 5.81. The third-order valence-electron chi connectivity index (χ3n) is 6.34. The molecule has 3 saturated carbocycles. The van der Waals surface area contributed by atoms with Crippen molar-refractivity contribution in [1.29, 1.82) is 0 Å². The van der Waals surface area contributed by atoms with Gasteiger partial charge in [-0.3, -0.25) is 0 Å². The zero-order chi connectivity index (χ0) is 17.0. The SMILES string of the molecule is CC(NC(=O)OCC1CCC2CCC(CC2)C1)C(C)C(C)(C)N. The molecule has 3 N–H and O–H groups in total. The van der Waals surface area contributed by atoms with Crippen LogP contribution < -0.4 is 11.1 Å². The molecule has 4 nitrogen and oxygen atoms in total. The summed E-state index contributed by atoms with van der Waals surface area (Å²) in [5.74, 6) is 2.52. The van der Waals surface area contributed by atoms with Crippen molar-refractivity contribution in [3.05, 3.63) is 0 Å². The standard InChI is InChI=1S/C19H36N2O2/c1-13(19(3,4)20)14(2)21-18(22)23-12-17-10-7-15-5-8-16(11-17)9-6-15/h13-17H,5-12,20H2,1-4H3,(H,21,22). The highest BCUT2D eigenvalue weighted by Crippen LogP contribution is 2.39. The number of ether oxygens (including phenoxy) is 1. The molecule has 3 aliphatic carbocycles. The van der Waals surface area contributed by atoms with Gasteiger partial charge in [-0.2, -0.15) is 0 Å². The summed E-state index contributed by atoms with van der Waals surface area (Å²) in [7, 11) is 0. The molecule has 4 heteroatoms. The second-order valence-corrected chi connectivity index (χ2v) is 8.71. The summed E-state index contributed by atoms with van der Waals surface area (Å²) in [4.78, 5) is 12.1. The molecule has 23 heavy (non-hydrogen) atoms. The minimum absolute atomic E-state index is 0.0100. The summed E-state index contributed by atoms with van der Waals surface area (Å²) in [6, 6.07) is 0.0100. The molecule has 3 fully saturated rings. The van der Waals surface area contributed by atoms with Crippen molar-refractivity contribution in [3.8, 4) is 0 Å². The van der Waals surface area contributed by atoms with Gasteiger partial charge in [0.15, 0.2) is 0 Å². The lowest BCUT2D eigenvalue weighted by atomic mass is 9.72. The van der Waals surface area contributed by atoms with Gasteiger partial charge in [0.1, 0.15) is 0 Å². The van der Waals surface area contributed by atoms with Gasteiger partial charge in [-0.25, -0.2) is 4.79 Å². The Morgan fingerprint density at radius 2 is 1.70 bits per heavy atom. The van der Waals surface area contributed by atoms with E-state index in [2.05, 4.69) is 12.2 Å². The van der Waals surface area contributed by atoms with E-state index in [4.69, 9.17) is 10.5 Å². The molecule has 0 aromatic carbocycles. The van der Waals surface area contributed by atoms with Crippen LogP contribution in [0.3, 0.4) is 0 Å². The number of carbonyl (C=O) groups excluding carboxylic acids is 1. The molecule has 0 aliphatic heterocycles. The first-order chi connectivity index (χ1) is 10.8. The van der Waals surface area contributed by atoms with Gasteiger partial charge in [0.2, 0.25) is 0 Å². The predicted octanol–water partition coefficient (Wildman–Crippen LogP) is 4.08. The fourth-order valence-corrected chi connectivity index (χ4v) is 4.16. The lowest BCUT2D eigenvalue weighted by molar-refractivity contribution is 0.0908. The highest BCUT2D eigenvalue weighted by Gasteiger charge is 2.30. The van der Waals surface area contributed by atoms with E-state index < -0.39 is 0 Å². The fraction of sp³-hybridized carbons (Fsp3) is 0.947. The molecular formula is C19H36N2O2. The zero-order valence-electron chi connectivity index (χ0n) is 15.4. The Morgan fingerprint density at radius 1 is 1.13 bits per heavy atom. The van der Waals surface area contributed by atoms with Gasteiger partial charge in [-0.1, -0.05) is 39.0 Å². The Morgan fingerprint density at radius 3 is 2.30 bits per heavy atom. The average molecular weight is 325 g/mol. The largest absolute Gasteiger partial charge is 0.449 e. The van der Waals surface area contributed by atoms with Crippen LogP contribution in [0.25, 0.3) is 0 Å². The first-order valence-corrected chi connectivity index (χ1v) is 9.48. The molecule has 1 amide bonds. The number of alkyl carbamates (subject to hydrolysis) is 1. The molecule has 0 saturated heterocycles. The van der Waals surface area contributed by atoms with E-state index in [0.29, 0.717) is 12.5 Å². The second kappa shape index (κ2) is 7.87. The third-order valence-corrected chi connectivity index (χ3v) is 6.34. The van der Waals surface area contributed by atoms with E-state index >= 15 is 0 Å². The number of carbonyl (C=O) groups is 1. The fourth-order valence-electron chi connectivity index (χ4n) is 4.16. The number of hydrogen-bond acceptors (Lipinski definition) is 3. The van der Waals surface area contributed by atoms with Crippen LogP contribution in [-0.2, 0) is 4.74 Å². The van der Waals surface area contributed by atoms with Crippen LogP contribution in [0.1, 0.15) is 72.6 Å². The molecule has 0 aromatic heterocycles. The first-order valence-electron chi connectivity index (χ1n) is 9.48. The van der Waals surface area contributed by atoms with E-state index in [1.165, 1.54) is 44.9 Å². The summed E-state index contributed by atoms with van der Waals surface area (Å²) in [6.07, 6.45) is 9.09. The zero-order valence-corrected chi connectivity index (χ0v) is 15.4. The Bertz CT molecular complexity index is 383. The minimum atomic E-state index is -0.314. The van der Waals surface area contributed by atoms with Crippen molar-refractivity contribution in [3.63, 3.8) is 0 Å². The van der Waals surface area contributed by atoms with E-state index in [9.17, 15) is 4.79 Å². The van der Waals surface area contributed by atoms with Crippen molar-refractivity contribution in [2.75, 3.05) is 6.61 Å². The monoisotopic (exact) mass is 324 g/mol. The van der Waals surface area contributed by atoms with Gasteiger partial charge in [0.05, 0.1) is 6.61 Å². The lowest BCUT2D eigenvalue weighted by Crippen LogP contribution is -2.50. The summed E-state index contributed by atoms with van der Waals surface area (Å²) in [6.45, 7) is 8.61. The summed E-state index contributed by atoms with van der Waals surface area (Å²) < 4.78 is 5.53. The van der Waals surface area contributed by atoms with Crippen LogP contribution in [0.4, 0.5) is 4.79 Å². The normalized spacial score (nSPS) is 30.9. The van der Waals surface area contributed by atoms with Gasteiger partial charge < -0.3 is 15.8 Å². The van der Waals surface area contributed by atoms with Gasteiger partial charge in [-0.05, 0) is 57.3 Å². The van der Waals surface area contributed by atoms with E-state index in [-0.39, 0.29) is 23.6 Å². The molecule has 3 aliphatic rings. The Hall–Kier alpha value is -0.770. The van der Waals surface area contributed by atoms with Gasteiger partial charge in [-0.15, -0.1) is 0 Å². The molecule has 0 aromatic rings. The maximum absolute atomic E-state index is 12.1. The van der Waals surface area contributed by atoms with Crippen LogP contribution in [0.15, 0.2) is 0 Å². The van der Waals surface area contributed by atoms with Gasteiger partial charge >= 0.3 is 6.09 Å². The van der Waals surface area contributed by atoms with Crippen molar-refractivity contribution >= 4 is 6.09 Å². The predicted molar refractivity (Wildman–Crippen MR) is 94.2 cm³/mol. The molecular weight excluding hydrogens is 288 g/mol. The first kappa shape index (κ1) is 18.6. The van der Waals surface area contributed by atoms with Crippen molar-refractivity contribution < 1.29 is 9.53 Å². The number of fused-ring (bicyclic) bond motifs is 5. The van der Waals surface area contributed by atoms with Crippen molar-refractivity contribution in [1.82, 2.24) is 5.32 Å².